The highest BCUT2D eigenvalue weighted by atomic mass is 35.5. The van der Waals surface area contributed by atoms with Gasteiger partial charge in [0.05, 0.1) is 0 Å². The summed E-state index contributed by atoms with van der Waals surface area (Å²) >= 11 is 12.3. The molecular formula is C22H14Cl2O4. The van der Waals surface area contributed by atoms with Crippen molar-refractivity contribution in [1.82, 2.24) is 0 Å². The molecule has 3 aromatic rings. The van der Waals surface area contributed by atoms with Crippen molar-refractivity contribution in [1.29, 1.82) is 0 Å². The molecule has 0 bridgehead atoms. The Balaban J connectivity index is 2.16. The van der Waals surface area contributed by atoms with Gasteiger partial charge in [0.1, 0.15) is 17.9 Å². The normalized spacial score (nSPS) is 10.9. The molecule has 140 valence electrons. The Morgan fingerprint density at radius 1 is 1.25 bits per heavy atom. The van der Waals surface area contributed by atoms with E-state index in [0.717, 1.165) is 0 Å². The minimum absolute atomic E-state index is 0.0398. The topological polar surface area (TPSA) is 56.5 Å². The maximum Gasteiger partial charge on any atom is 0.336 e. The lowest BCUT2D eigenvalue weighted by Crippen LogP contribution is -2.06. The fourth-order valence-corrected chi connectivity index (χ4v) is 3.27. The molecule has 0 aliphatic heterocycles. The lowest BCUT2D eigenvalue weighted by molar-refractivity contribution is 0.104. The van der Waals surface area contributed by atoms with Crippen molar-refractivity contribution in [2.75, 3.05) is 6.61 Å². The van der Waals surface area contributed by atoms with Gasteiger partial charge in [0, 0.05) is 27.1 Å². The van der Waals surface area contributed by atoms with Crippen LogP contribution in [0.15, 0.2) is 51.7 Å². The van der Waals surface area contributed by atoms with Gasteiger partial charge >= 0.3 is 5.63 Å². The number of hydrogen-bond acceptors (Lipinski definition) is 4. The van der Waals surface area contributed by atoms with Gasteiger partial charge in [-0.1, -0.05) is 35.2 Å². The Bertz CT molecular complexity index is 1180. The Hall–Kier alpha value is -3.00. The summed E-state index contributed by atoms with van der Waals surface area (Å²) in [5, 5.41) is 1.43. The van der Waals surface area contributed by atoms with Gasteiger partial charge < -0.3 is 9.15 Å². The van der Waals surface area contributed by atoms with Gasteiger partial charge in [-0.3, -0.25) is 4.79 Å². The van der Waals surface area contributed by atoms with Crippen molar-refractivity contribution >= 4 is 46.0 Å². The smallest absolute Gasteiger partial charge is 0.336 e. The van der Waals surface area contributed by atoms with E-state index in [9.17, 15) is 9.59 Å². The lowest BCUT2D eigenvalue weighted by atomic mass is 10.0. The highest BCUT2D eigenvalue weighted by Crippen LogP contribution is 2.31. The number of aryl methyl sites for hydroxylation is 1. The number of rotatable bonds is 5. The lowest BCUT2D eigenvalue weighted by Gasteiger charge is -2.11. The zero-order chi connectivity index (χ0) is 20.3. The van der Waals surface area contributed by atoms with Crippen molar-refractivity contribution in [2.45, 2.75) is 6.92 Å². The molecule has 0 aliphatic rings. The van der Waals surface area contributed by atoms with Crippen LogP contribution < -0.4 is 10.4 Å². The number of ether oxygens (including phenoxy) is 1. The minimum atomic E-state index is -0.564. The van der Waals surface area contributed by atoms with E-state index in [2.05, 4.69) is 5.92 Å². The minimum Gasteiger partial charge on any atom is -0.480 e. The summed E-state index contributed by atoms with van der Waals surface area (Å²) in [6.07, 6.45) is 8.06. The number of hydrogen-bond donors (Lipinski definition) is 0. The molecule has 0 unspecified atom stereocenters. The molecule has 0 fully saturated rings. The first kappa shape index (κ1) is 19.8. The van der Waals surface area contributed by atoms with Crippen LogP contribution in [0.4, 0.5) is 0 Å². The monoisotopic (exact) mass is 412 g/mol. The van der Waals surface area contributed by atoms with E-state index in [1.54, 1.807) is 37.3 Å². The molecular weight excluding hydrogens is 399 g/mol. The van der Waals surface area contributed by atoms with E-state index >= 15 is 0 Å². The average Bonchev–Trinajstić information content (AvgIpc) is 2.65. The van der Waals surface area contributed by atoms with Crippen LogP contribution in [0, 0.1) is 19.3 Å². The molecule has 0 amide bonds. The molecule has 3 rings (SSSR count). The summed E-state index contributed by atoms with van der Waals surface area (Å²) in [5.41, 5.74) is 0.865. The van der Waals surface area contributed by atoms with Gasteiger partial charge in [0.2, 0.25) is 0 Å². The van der Waals surface area contributed by atoms with Crippen LogP contribution in [0.3, 0.4) is 0 Å². The maximum absolute atomic E-state index is 13.0. The first-order valence-electron chi connectivity index (χ1n) is 8.22. The van der Waals surface area contributed by atoms with E-state index in [4.69, 9.17) is 38.8 Å². The van der Waals surface area contributed by atoms with E-state index in [-0.39, 0.29) is 23.5 Å². The van der Waals surface area contributed by atoms with Crippen LogP contribution in [0.5, 0.6) is 5.75 Å². The third-order valence-electron chi connectivity index (χ3n) is 4.04. The van der Waals surface area contributed by atoms with Crippen molar-refractivity contribution in [3.63, 3.8) is 0 Å². The molecule has 28 heavy (non-hydrogen) atoms. The second-order valence-electron chi connectivity index (χ2n) is 5.89. The first-order chi connectivity index (χ1) is 13.4. The summed E-state index contributed by atoms with van der Waals surface area (Å²) in [5.74, 6) is 2.13. The van der Waals surface area contributed by atoms with Crippen LogP contribution in [-0.2, 0) is 0 Å². The predicted molar refractivity (Wildman–Crippen MR) is 111 cm³/mol. The van der Waals surface area contributed by atoms with Gasteiger partial charge in [-0.15, -0.1) is 6.42 Å². The number of ketones is 1. The first-order valence-corrected chi connectivity index (χ1v) is 8.98. The summed E-state index contributed by atoms with van der Waals surface area (Å²) in [4.78, 5) is 24.9. The summed E-state index contributed by atoms with van der Waals surface area (Å²) in [6, 6.07) is 9.73. The zero-order valence-corrected chi connectivity index (χ0v) is 16.3. The highest BCUT2D eigenvalue weighted by Gasteiger charge is 2.19. The Kier molecular flexibility index (Phi) is 5.89. The molecule has 0 spiro atoms. The highest BCUT2D eigenvalue weighted by molar-refractivity contribution is 6.37. The fraction of sp³-hybridized carbons (Fsp3) is 0.0909. The number of fused-ring (bicyclic) bond motifs is 1. The number of benzene rings is 2. The van der Waals surface area contributed by atoms with Crippen LogP contribution >= 0.6 is 23.2 Å². The van der Waals surface area contributed by atoms with Crippen molar-refractivity contribution < 1.29 is 13.9 Å². The zero-order valence-electron chi connectivity index (χ0n) is 14.8. The largest absolute Gasteiger partial charge is 0.480 e. The fourth-order valence-electron chi connectivity index (χ4n) is 2.75. The van der Waals surface area contributed by atoms with Gasteiger partial charge in [-0.2, -0.15) is 0 Å². The third-order valence-corrected chi connectivity index (χ3v) is 4.70. The van der Waals surface area contributed by atoms with Gasteiger partial charge in [-0.05, 0) is 48.9 Å². The van der Waals surface area contributed by atoms with Gasteiger partial charge in [0.15, 0.2) is 11.4 Å². The van der Waals surface area contributed by atoms with Gasteiger partial charge in [0.25, 0.3) is 0 Å². The molecule has 0 radical (unpaired) electrons. The van der Waals surface area contributed by atoms with E-state index in [1.807, 2.05) is 0 Å². The summed E-state index contributed by atoms with van der Waals surface area (Å²) in [7, 11) is 0. The molecule has 0 saturated carbocycles. The molecule has 4 nitrogen and oxygen atoms in total. The molecule has 0 saturated heterocycles. The van der Waals surface area contributed by atoms with E-state index in [1.165, 1.54) is 18.2 Å². The number of terminal acetylenes is 1. The summed E-state index contributed by atoms with van der Waals surface area (Å²) < 4.78 is 10.8. The quantitative estimate of drug-likeness (QED) is 0.246. The van der Waals surface area contributed by atoms with E-state index < -0.39 is 11.4 Å². The van der Waals surface area contributed by atoms with Crippen LogP contribution in [0.1, 0.15) is 21.5 Å². The van der Waals surface area contributed by atoms with Crippen molar-refractivity contribution in [2.24, 2.45) is 0 Å². The molecule has 2 aromatic carbocycles. The van der Waals surface area contributed by atoms with Crippen molar-refractivity contribution in [3.8, 4) is 18.1 Å². The number of halogens is 2. The number of carbonyl (C=O) groups is 1. The molecule has 1 heterocycles. The van der Waals surface area contributed by atoms with Crippen LogP contribution in [0.25, 0.3) is 17.0 Å². The summed E-state index contributed by atoms with van der Waals surface area (Å²) in [6.45, 7) is 1.72. The average molecular weight is 413 g/mol. The Labute approximate surface area is 171 Å². The second kappa shape index (κ2) is 8.35. The SMILES string of the molecule is C#CCOc1ccc2c(C)cc(=O)oc2c1C(=O)/C=C/c1c(Cl)cccc1Cl. The third kappa shape index (κ3) is 3.96. The standard InChI is InChI=1S/C22H14Cl2O4/c1-3-11-27-19-10-8-14-13(2)12-20(26)28-22(14)21(19)18(25)9-7-15-16(23)5-4-6-17(15)24/h1,4-10,12H,11H2,2H3/b9-7+. The predicted octanol–water partition coefficient (Wildman–Crippen LogP) is 5.32. The Morgan fingerprint density at radius 2 is 1.96 bits per heavy atom. The van der Waals surface area contributed by atoms with Gasteiger partial charge in [-0.25, -0.2) is 4.79 Å². The molecule has 0 atom stereocenters. The molecule has 0 aliphatic carbocycles. The molecule has 1 aromatic heterocycles. The van der Waals surface area contributed by atoms with E-state index in [0.29, 0.717) is 26.6 Å². The molecule has 6 heteroatoms. The number of carbonyl (C=O) groups excluding carboxylic acids is 1. The molecule has 0 N–H and O–H groups in total. The van der Waals surface area contributed by atoms with Crippen LogP contribution in [0.2, 0.25) is 10.0 Å². The van der Waals surface area contributed by atoms with Crippen LogP contribution in [-0.4, -0.2) is 12.4 Å². The number of allylic oxidation sites excluding steroid dienone is 1. The van der Waals surface area contributed by atoms with Crippen molar-refractivity contribution in [3.05, 3.63) is 79.6 Å². The Morgan fingerprint density at radius 3 is 2.64 bits per heavy atom. The second-order valence-corrected chi connectivity index (χ2v) is 6.70. The maximum atomic E-state index is 13.0.